The van der Waals surface area contributed by atoms with Gasteiger partial charge in [0.1, 0.15) is 0 Å². The zero-order valence-electron chi connectivity index (χ0n) is 16.2. The monoisotopic (exact) mass is 402 g/mol. The highest BCUT2D eigenvalue weighted by Gasteiger charge is 2.35. The number of carbonyl (C=O) groups is 2. The molecule has 0 spiro atoms. The van der Waals surface area contributed by atoms with E-state index in [1.165, 1.54) is 0 Å². The molecule has 4 nitrogen and oxygen atoms in total. The first kappa shape index (κ1) is 19.3. The lowest BCUT2D eigenvalue weighted by atomic mass is 10.1. The van der Waals surface area contributed by atoms with Crippen LogP contribution >= 0.6 is 11.8 Å². The third-order valence-corrected chi connectivity index (χ3v) is 6.04. The zero-order chi connectivity index (χ0) is 20.2. The summed E-state index contributed by atoms with van der Waals surface area (Å²) < 4.78 is 0. The average molecular weight is 403 g/mol. The van der Waals surface area contributed by atoms with Gasteiger partial charge in [-0.1, -0.05) is 59.8 Å². The van der Waals surface area contributed by atoms with E-state index in [2.05, 4.69) is 5.32 Å². The molecular formula is C24H22N2O2S. The van der Waals surface area contributed by atoms with Crippen molar-refractivity contribution < 1.29 is 9.59 Å². The van der Waals surface area contributed by atoms with Crippen LogP contribution in [0.25, 0.3) is 0 Å². The Morgan fingerprint density at radius 2 is 1.66 bits per heavy atom. The number of nitrogens with zero attached hydrogens (tertiary/aromatic N) is 1. The first-order valence-corrected chi connectivity index (χ1v) is 10.4. The maximum atomic E-state index is 12.9. The number of anilines is 2. The van der Waals surface area contributed by atoms with E-state index in [0.29, 0.717) is 6.54 Å². The van der Waals surface area contributed by atoms with Crippen molar-refractivity contribution in [3.05, 3.63) is 84.4 Å². The number of carbonyl (C=O) groups excluding carboxylic acids is 2. The van der Waals surface area contributed by atoms with E-state index in [9.17, 15) is 9.59 Å². The van der Waals surface area contributed by atoms with E-state index in [1.54, 1.807) is 16.7 Å². The average Bonchev–Trinajstić information content (AvgIpc) is 3.13. The number of amides is 2. The van der Waals surface area contributed by atoms with Crippen LogP contribution in [0.4, 0.5) is 11.4 Å². The predicted molar refractivity (Wildman–Crippen MR) is 117 cm³/mol. The number of aryl methyl sites for hydroxylation is 1. The summed E-state index contributed by atoms with van der Waals surface area (Å²) in [7, 11) is 0. The first-order valence-electron chi connectivity index (χ1n) is 9.60. The molecule has 0 aromatic heterocycles. The highest BCUT2D eigenvalue weighted by molar-refractivity contribution is 7.99. The summed E-state index contributed by atoms with van der Waals surface area (Å²) in [4.78, 5) is 29.2. The van der Waals surface area contributed by atoms with Crippen LogP contribution in [0, 0.1) is 12.8 Å². The van der Waals surface area contributed by atoms with Crippen LogP contribution in [0.15, 0.2) is 88.7 Å². The van der Waals surface area contributed by atoms with Crippen LogP contribution in [0.5, 0.6) is 0 Å². The van der Waals surface area contributed by atoms with E-state index in [4.69, 9.17) is 0 Å². The molecule has 0 unspecified atom stereocenters. The fourth-order valence-corrected chi connectivity index (χ4v) is 4.29. The van der Waals surface area contributed by atoms with Gasteiger partial charge in [0.25, 0.3) is 0 Å². The molecule has 0 radical (unpaired) electrons. The number of nitrogens with one attached hydrogen (secondary N) is 1. The Morgan fingerprint density at radius 3 is 2.41 bits per heavy atom. The summed E-state index contributed by atoms with van der Waals surface area (Å²) in [6, 6.07) is 25.6. The van der Waals surface area contributed by atoms with E-state index in [1.807, 2.05) is 85.8 Å². The second-order valence-electron chi connectivity index (χ2n) is 7.14. The molecule has 3 aromatic rings. The molecule has 5 heteroatoms. The summed E-state index contributed by atoms with van der Waals surface area (Å²) in [6.45, 7) is 2.42. The van der Waals surface area contributed by atoms with Gasteiger partial charge in [0.15, 0.2) is 0 Å². The van der Waals surface area contributed by atoms with E-state index >= 15 is 0 Å². The Kier molecular flexibility index (Phi) is 5.67. The molecule has 2 amide bonds. The second-order valence-corrected chi connectivity index (χ2v) is 8.26. The van der Waals surface area contributed by atoms with Crippen molar-refractivity contribution in [2.45, 2.75) is 23.1 Å². The normalized spacial score (nSPS) is 16.1. The third kappa shape index (κ3) is 4.51. The Morgan fingerprint density at radius 1 is 0.966 bits per heavy atom. The molecule has 0 aliphatic carbocycles. The van der Waals surface area contributed by atoms with Gasteiger partial charge in [-0.15, -0.1) is 0 Å². The maximum Gasteiger partial charge on any atom is 0.229 e. The first-order chi connectivity index (χ1) is 14.1. The molecule has 1 fully saturated rings. The molecule has 0 bridgehead atoms. The zero-order valence-corrected chi connectivity index (χ0v) is 17.0. The number of hydrogen-bond donors (Lipinski definition) is 1. The van der Waals surface area contributed by atoms with Gasteiger partial charge in [-0.25, -0.2) is 0 Å². The minimum absolute atomic E-state index is 0.0130. The lowest BCUT2D eigenvalue weighted by Crippen LogP contribution is -2.28. The fourth-order valence-electron chi connectivity index (χ4n) is 3.37. The molecule has 1 atom stereocenters. The quantitative estimate of drug-likeness (QED) is 0.643. The number of para-hydroxylation sites is 1. The second kappa shape index (κ2) is 8.53. The predicted octanol–water partition coefficient (Wildman–Crippen LogP) is 5.14. The van der Waals surface area contributed by atoms with Crippen LogP contribution in [-0.4, -0.2) is 18.4 Å². The molecule has 0 saturated carbocycles. The molecule has 146 valence electrons. The van der Waals surface area contributed by atoms with Crippen molar-refractivity contribution in [2.75, 3.05) is 16.8 Å². The van der Waals surface area contributed by atoms with E-state index in [-0.39, 0.29) is 24.2 Å². The number of rotatable bonds is 5. The molecule has 1 heterocycles. The number of hydrogen-bond acceptors (Lipinski definition) is 3. The van der Waals surface area contributed by atoms with Crippen molar-refractivity contribution >= 4 is 35.0 Å². The molecule has 1 aliphatic rings. The number of benzene rings is 3. The van der Waals surface area contributed by atoms with Crippen molar-refractivity contribution in [3.63, 3.8) is 0 Å². The lowest BCUT2D eigenvalue weighted by Gasteiger charge is -2.17. The summed E-state index contributed by atoms with van der Waals surface area (Å²) in [5.74, 6) is -0.492. The lowest BCUT2D eigenvalue weighted by molar-refractivity contribution is -0.122. The highest BCUT2D eigenvalue weighted by atomic mass is 32.2. The minimum atomic E-state index is -0.362. The summed E-state index contributed by atoms with van der Waals surface area (Å²) >= 11 is 1.61. The van der Waals surface area contributed by atoms with Crippen molar-refractivity contribution in [3.8, 4) is 0 Å². The summed E-state index contributed by atoms with van der Waals surface area (Å²) in [5, 5.41) is 3.04. The van der Waals surface area contributed by atoms with Gasteiger partial charge < -0.3 is 10.2 Å². The molecule has 4 rings (SSSR count). The smallest absolute Gasteiger partial charge is 0.229 e. The SMILES string of the molecule is Cc1ccc(N2C[C@@H](C(=O)Nc3ccccc3Sc3ccccc3)CC2=O)cc1. The van der Waals surface area contributed by atoms with E-state index in [0.717, 1.165) is 26.7 Å². The Labute approximate surface area is 174 Å². The summed E-state index contributed by atoms with van der Waals surface area (Å²) in [6.07, 6.45) is 0.230. The van der Waals surface area contributed by atoms with Crippen LogP contribution in [0.1, 0.15) is 12.0 Å². The van der Waals surface area contributed by atoms with Gasteiger partial charge >= 0.3 is 0 Å². The van der Waals surface area contributed by atoms with Crippen LogP contribution in [0.3, 0.4) is 0 Å². The van der Waals surface area contributed by atoms with Crippen LogP contribution in [-0.2, 0) is 9.59 Å². The van der Waals surface area contributed by atoms with Crippen LogP contribution in [0.2, 0.25) is 0 Å². The van der Waals surface area contributed by atoms with Gasteiger partial charge in [0.05, 0.1) is 11.6 Å². The third-order valence-electron chi connectivity index (χ3n) is 4.96. The van der Waals surface area contributed by atoms with Crippen molar-refractivity contribution in [1.29, 1.82) is 0 Å². The van der Waals surface area contributed by atoms with Crippen molar-refractivity contribution in [2.24, 2.45) is 5.92 Å². The van der Waals surface area contributed by atoms with Crippen LogP contribution < -0.4 is 10.2 Å². The highest BCUT2D eigenvalue weighted by Crippen LogP contribution is 2.34. The standard InChI is InChI=1S/C24H22N2O2S/c1-17-11-13-19(14-12-17)26-16-18(15-23(26)27)24(28)25-21-9-5-6-10-22(21)29-20-7-3-2-4-8-20/h2-14,18H,15-16H2,1H3,(H,25,28)/t18-/m0/s1. The topological polar surface area (TPSA) is 49.4 Å². The van der Waals surface area contributed by atoms with Gasteiger partial charge in [-0.05, 0) is 43.3 Å². The Hall–Kier alpha value is -3.05. The molecule has 3 aromatic carbocycles. The van der Waals surface area contributed by atoms with Gasteiger partial charge in [-0.3, -0.25) is 9.59 Å². The molecule has 1 N–H and O–H groups in total. The minimum Gasteiger partial charge on any atom is -0.325 e. The molecule has 29 heavy (non-hydrogen) atoms. The Bertz CT molecular complexity index is 1020. The molecule has 1 aliphatic heterocycles. The van der Waals surface area contributed by atoms with Gasteiger partial charge in [0.2, 0.25) is 11.8 Å². The largest absolute Gasteiger partial charge is 0.325 e. The fraction of sp³-hybridized carbons (Fsp3) is 0.167. The van der Waals surface area contributed by atoms with E-state index < -0.39 is 0 Å². The molecule has 1 saturated heterocycles. The Balaban J connectivity index is 1.46. The maximum absolute atomic E-state index is 12.9. The van der Waals surface area contributed by atoms with Crippen molar-refractivity contribution in [1.82, 2.24) is 0 Å². The summed E-state index contributed by atoms with van der Waals surface area (Å²) in [5.41, 5.74) is 2.76. The van der Waals surface area contributed by atoms with Gasteiger partial charge in [-0.2, -0.15) is 0 Å². The van der Waals surface area contributed by atoms with Gasteiger partial charge in [0, 0.05) is 28.4 Å². The molecular weight excluding hydrogens is 380 g/mol.